The van der Waals surface area contributed by atoms with Gasteiger partial charge in [-0.05, 0) is 23.3 Å². The maximum atomic E-state index is 14.0. The van der Waals surface area contributed by atoms with Gasteiger partial charge in [0, 0.05) is 24.9 Å². The molecule has 1 aliphatic heterocycles. The van der Waals surface area contributed by atoms with E-state index in [1.807, 2.05) is 0 Å². The number of nitrogen functional groups attached to an aromatic ring is 1. The van der Waals surface area contributed by atoms with E-state index in [2.05, 4.69) is 41.0 Å². The number of hydrogen-bond acceptors (Lipinski definition) is 13. The molecule has 6 rings (SSSR count). The normalized spacial score (nSPS) is 15.9. The molecule has 0 fully saturated rings. The number of benzene rings is 2. The minimum Gasteiger partial charge on any atom is -0.475 e. The first kappa shape index (κ1) is 41.9. The SMILES string of the molecule is N=C(N)c1ccc(CNC(=O)[C@@H]2Cc3cnnn3C(=O)c3cccc(n3)C(=O)n3cc(nn3)C[C@@H](NS(=O)(=O)Cc3ccccc3)C(=O)N2)cc1.O=C(O)C(F)(F)F. The van der Waals surface area contributed by atoms with Crippen LogP contribution in [0.4, 0.5) is 13.2 Å². The summed E-state index contributed by atoms with van der Waals surface area (Å²) in [5.74, 6) is -6.43. The van der Waals surface area contributed by atoms with Gasteiger partial charge in [0.1, 0.15) is 29.3 Å². The van der Waals surface area contributed by atoms with Gasteiger partial charge in [0.05, 0.1) is 29.5 Å². The van der Waals surface area contributed by atoms with Crippen LogP contribution in [0, 0.1) is 5.41 Å². The van der Waals surface area contributed by atoms with Crippen molar-refractivity contribution in [3.8, 4) is 0 Å². The molecular weight excluding hydrogens is 794 g/mol. The van der Waals surface area contributed by atoms with Crippen LogP contribution in [0.25, 0.3) is 0 Å². The maximum Gasteiger partial charge on any atom is 0.490 e. The number of rotatable bonds is 8. The predicted octanol–water partition coefficient (Wildman–Crippen LogP) is -0.0530. The number of halogens is 3. The van der Waals surface area contributed by atoms with Gasteiger partial charge in [-0.25, -0.2) is 22.9 Å². The van der Waals surface area contributed by atoms with E-state index in [1.165, 1.54) is 30.6 Å². The molecule has 3 aromatic heterocycles. The molecular formula is C34H31F3N12O8S. The fourth-order valence-corrected chi connectivity index (χ4v) is 6.55. The second-order valence-corrected chi connectivity index (χ2v) is 14.1. The van der Waals surface area contributed by atoms with Crippen LogP contribution in [-0.4, -0.2) is 102 Å². The van der Waals surface area contributed by atoms with Gasteiger partial charge in [-0.1, -0.05) is 71.1 Å². The monoisotopic (exact) mass is 824 g/mol. The lowest BCUT2D eigenvalue weighted by atomic mass is 10.1. The molecule has 24 heteroatoms. The van der Waals surface area contributed by atoms with Gasteiger partial charge in [-0.15, -0.1) is 10.2 Å². The Hall–Kier alpha value is -7.21. The van der Waals surface area contributed by atoms with Gasteiger partial charge < -0.3 is 21.5 Å². The van der Waals surface area contributed by atoms with Crippen LogP contribution in [0.15, 0.2) is 85.2 Å². The highest BCUT2D eigenvalue weighted by Crippen LogP contribution is 2.14. The molecule has 58 heavy (non-hydrogen) atoms. The lowest BCUT2D eigenvalue weighted by Crippen LogP contribution is -2.55. The second-order valence-electron chi connectivity index (χ2n) is 12.3. The van der Waals surface area contributed by atoms with E-state index in [-0.39, 0.29) is 48.0 Å². The van der Waals surface area contributed by atoms with E-state index < -0.39 is 63.6 Å². The molecule has 0 saturated carbocycles. The summed E-state index contributed by atoms with van der Waals surface area (Å²) in [5.41, 5.74) is 7.01. The van der Waals surface area contributed by atoms with Crippen molar-refractivity contribution in [2.75, 3.05) is 0 Å². The van der Waals surface area contributed by atoms with E-state index in [0.29, 0.717) is 16.7 Å². The standard InChI is InChI=1S/C32H30N12O6S.C2HF3O2/c33-28(34)21-11-9-19(10-12-21)15-35-29(45)26-14-23-16-36-41-44(23)32(48)25-8-4-7-24(37-25)31(47)43-17-22(39-42-43)13-27(30(46)38-26)40-51(49,50)18-20-5-2-1-3-6-20;3-2(4,5)1(6)7/h1-12,16-17,26-27,40H,13-15,18H2,(H3,33,34)(H,35,45)(H,38,46);(H,6,7)/t26-,27+;/m0./s1. The molecule has 302 valence electrons. The Labute approximate surface area is 325 Å². The summed E-state index contributed by atoms with van der Waals surface area (Å²) in [6.07, 6.45) is -3.29. The summed E-state index contributed by atoms with van der Waals surface area (Å²) in [6, 6.07) is 16.2. The largest absolute Gasteiger partial charge is 0.490 e. The number of aliphatic carboxylic acids is 1. The number of nitrogens with zero attached hydrogens (tertiary/aromatic N) is 7. The molecule has 2 amide bonds. The van der Waals surface area contributed by atoms with Crippen LogP contribution < -0.4 is 21.1 Å². The highest BCUT2D eigenvalue weighted by Gasteiger charge is 2.38. The minimum atomic E-state index is -5.08. The quantitative estimate of drug-likeness (QED) is 0.0884. The number of amidine groups is 1. The smallest absolute Gasteiger partial charge is 0.475 e. The molecule has 20 nitrogen and oxygen atoms in total. The fraction of sp³-hybridized carbons (Fsp3) is 0.206. The third kappa shape index (κ3) is 11.0. The predicted molar refractivity (Wildman–Crippen MR) is 192 cm³/mol. The zero-order valence-electron chi connectivity index (χ0n) is 29.6. The average molecular weight is 825 g/mol. The van der Waals surface area contributed by atoms with Crippen LogP contribution in [-0.2, 0) is 49.5 Å². The molecule has 5 aromatic rings. The first-order chi connectivity index (χ1) is 27.4. The topological polar surface area (TPSA) is 300 Å². The van der Waals surface area contributed by atoms with Crippen LogP contribution in [0.1, 0.15) is 49.1 Å². The van der Waals surface area contributed by atoms with Crippen LogP contribution >= 0.6 is 0 Å². The number of sulfonamides is 1. The number of pyridine rings is 1. The van der Waals surface area contributed by atoms with Crippen molar-refractivity contribution in [1.82, 2.24) is 50.3 Å². The Morgan fingerprint density at radius 3 is 2.22 bits per heavy atom. The van der Waals surface area contributed by atoms with E-state index in [4.69, 9.17) is 21.0 Å². The summed E-state index contributed by atoms with van der Waals surface area (Å²) >= 11 is 0. The summed E-state index contributed by atoms with van der Waals surface area (Å²) in [5, 5.41) is 35.5. The van der Waals surface area contributed by atoms with Crippen molar-refractivity contribution in [2.24, 2.45) is 5.73 Å². The van der Waals surface area contributed by atoms with E-state index in [1.54, 1.807) is 54.6 Å². The Kier molecular flexibility index (Phi) is 12.8. The minimum absolute atomic E-state index is 0.0147. The Morgan fingerprint density at radius 2 is 1.59 bits per heavy atom. The molecule has 4 bridgehead atoms. The van der Waals surface area contributed by atoms with Gasteiger partial charge >= 0.3 is 12.1 Å². The zero-order chi connectivity index (χ0) is 42.2. The molecule has 4 heterocycles. The molecule has 7 N–H and O–H groups in total. The second kappa shape index (κ2) is 17.7. The third-order valence-electron chi connectivity index (χ3n) is 8.02. The van der Waals surface area contributed by atoms with Gasteiger partial charge in [0.2, 0.25) is 21.8 Å². The molecule has 1 aliphatic rings. The Morgan fingerprint density at radius 1 is 0.931 bits per heavy atom. The molecule has 2 atom stereocenters. The summed E-state index contributed by atoms with van der Waals surface area (Å²) in [6.45, 7) is 0.0147. The van der Waals surface area contributed by atoms with Crippen LogP contribution in [0.5, 0.6) is 0 Å². The Balaban J connectivity index is 0.000000839. The summed E-state index contributed by atoms with van der Waals surface area (Å²) < 4.78 is 62.6. The number of fused-ring (bicyclic) bond motifs is 5. The first-order valence-corrected chi connectivity index (χ1v) is 18.3. The van der Waals surface area contributed by atoms with Crippen molar-refractivity contribution in [2.45, 2.75) is 43.4 Å². The van der Waals surface area contributed by atoms with Crippen molar-refractivity contribution in [1.29, 1.82) is 5.41 Å². The molecule has 0 saturated heterocycles. The van der Waals surface area contributed by atoms with Crippen molar-refractivity contribution in [3.63, 3.8) is 0 Å². The molecule has 0 aliphatic carbocycles. The number of nitrogens with one attached hydrogen (secondary N) is 4. The zero-order valence-corrected chi connectivity index (χ0v) is 30.4. The number of hydrogen-bond donors (Lipinski definition) is 6. The van der Waals surface area contributed by atoms with E-state index in [9.17, 15) is 40.8 Å². The van der Waals surface area contributed by atoms with Crippen LogP contribution in [0.2, 0.25) is 0 Å². The number of amides is 2. The number of carbonyl (C=O) groups excluding carboxylic acids is 4. The van der Waals surface area contributed by atoms with Gasteiger partial charge in [-0.3, -0.25) is 24.6 Å². The number of carbonyl (C=O) groups is 5. The summed E-state index contributed by atoms with van der Waals surface area (Å²) in [7, 11) is -4.16. The summed E-state index contributed by atoms with van der Waals surface area (Å²) in [4.78, 5) is 67.6. The van der Waals surface area contributed by atoms with Crippen LogP contribution in [0.3, 0.4) is 0 Å². The first-order valence-electron chi connectivity index (χ1n) is 16.6. The number of alkyl halides is 3. The lowest BCUT2D eigenvalue weighted by Gasteiger charge is -2.23. The number of aromatic nitrogens is 7. The number of carboxylic acids is 1. The van der Waals surface area contributed by atoms with Crippen molar-refractivity contribution >= 4 is 45.5 Å². The molecule has 2 aromatic carbocycles. The van der Waals surface area contributed by atoms with Gasteiger partial charge in [-0.2, -0.15) is 22.5 Å². The molecule has 0 unspecified atom stereocenters. The fourth-order valence-electron chi connectivity index (χ4n) is 5.21. The van der Waals surface area contributed by atoms with E-state index >= 15 is 0 Å². The van der Waals surface area contributed by atoms with Crippen molar-refractivity contribution in [3.05, 3.63) is 125 Å². The average Bonchev–Trinajstić information content (AvgIpc) is 3.85. The number of carboxylic acid groups (broad SMARTS) is 1. The van der Waals surface area contributed by atoms with Gasteiger partial charge in [0.25, 0.3) is 11.8 Å². The van der Waals surface area contributed by atoms with Crippen molar-refractivity contribution < 1.29 is 50.7 Å². The highest BCUT2D eigenvalue weighted by molar-refractivity contribution is 7.88. The maximum absolute atomic E-state index is 14.0. The third-order valence-corrected chi connectivity index (χ3v) is 9.38. The highest BCUT2D eigenvalue weighted by atomic mass is 32.2. The number of nitrogens with two attached hydrogens (primary N) is 1. The molecule has 0 radical (unpaired) electrons. The Bertz CT molecular complexity index is 2460. The van der Waals surface area contributed by atoms with Gasteiger partial charge in [0.15, 0.2) is 0 Å². The molecule has 0 spiro atoms. The van der Waals surface area contributed by atoms with E-state index in [0.717, 1.165) is 9.36 Å². The lowest BCUT2D eigenvalue weighted by molar-refractivity contribution is -0.192.